The Morgan fingerprint density at radius 1 is 1.02 bits per heavy atom. The molecule has 1 aromatic heterocycles. The summed E-state index contributed by atoms with van der Waals surface area (Å²) < 4.78 is 46.4. The van der Waals surface area contributed by atoms with Gasteiger partial charge in [-0.15, -0.1) is 0 Å². The molecular weight excluding hydrogens is 545 g/mol. The lowest BCUT2D eigenvalue weighted by Gasteiger charge is -2.11. The van der Waals surface area contributed by atoms with Crippen LogP contribution in [-0.4, -0.2) is 79.7 Å². The lowest BCUT2D eigenvalue weighted by Crippen LogP contribution is -2.27. The molecule has 0 saturated heterocycles. The van der Waals surface area contributed by atoms with E-state index < -0.39 is 27.8 Å². The Balaban J connectivity index is 0.000000611. The standard InChI is InChI=1S/C22H26FN5O3S.C4H6O4/c1-28(2)14-4-12-25-32(29,30)18-8-6-17(7-9-18)26-22-24-13-11-20(27-22)16-5-10-21(31-3)19(23)15-16;5-3(6)1-2-4(7)8/h5-11,13,15,25H,4,12,14H2,1-3H3,(H,24,26,27);1-2H2,(H,5,6)(H,7,8). The summed E-state index contributed by atoms with van der Waals surface area (Å²) in [6.07, 6.45) is 1.69. The topological polar surface area (TPSA) is 171 Å². The van der Waals surface area contributed by atoms with Gasteiger partial charge in [0.05, 0.1) is 30.5 Å². The third-order valence-corrected chi connectivity index (χ3v) is 6.63. The number of nitrogens with one attached hydrogen (secondary N) is 2. The maximum absolute atomic E-state index is 14.0. The van der Waals surface area contributed by atoms with Crippen molar-refractivity contribution < 1.29 is 37.3 Å². The molecule has 40 heavy (non-hydrogen) atoms. The van der Waals surface area contributed by atoms with E-state index in [-0.39, 0.29) is 23.5 Å². The van der Waals surface area contributed by atoms with Crippen LogP contribution >= 0.6 is 0 Å². The molecular formula is C26H32FN5O7S. The fourth-order valence-corrected chi connectivity index (χ4v) is 4.23. The number of sulfonamides is 1. The Hall–Kier alpha value is -4.14. The molecule has 4 N–H and O–H groups in total. The number of carbonyl (C=O) groups is 2. The van der Waals surface area contributed by atoms with Crippen LogP contribution < -0.4 is 14.8 Å². The minimum absolute atomic E-state index is 0.156. The molecule has 0 aliphatic rings. The largest absolute Gasteiger partial charge is 0.494 e. The van der Waals surface area contributed by atoms with Crippen LogP contribution in [-0.2, 0) is 19.6 Å². The smallest absolute Gasteiger partial charge is 0.303 e. The van der Waals surface area contributed by atoms with Crippen LogP contribution in [0.3, 0.4) is 0 Å². The number of hydrogen-bond acceptors (Lipinski definition) is 9. The van der Waals surface area contributed by atoms with E-state index in [1.54, 1.807) is 30.5 Å². The first-order valence-electron chi connectivity index (χ1n) is 12.0. The number of rotatable bonds is 13. The van der Waals surface area contributed by atoms with Crippen molar-refractivity contribution in [2.45, 2.75) is 24.2 Å². The van der Waals surface area contributed by atoms with Gasteiger partial charge in [-0.3, -0.25) is 9.59 Å². The molecule has 14 heteroatoms. The molecule has 3 rings (SSSR count). The van der Waals surface area contributed by atoms with E-state index in [1.807, 2.05) is 19.0 Å². The minimum Gasteiger partial charge on any atom is -0.494 e. The van der Waals surface area contributed by atoms with Gasteiger partial charge in [0.25, 0.3) is 0 Å². The van der Waals surface area contributed by atoms with Gasteiger partial charge in [0.2, 0.25) is 16.0 Å². The Labute approximate surface area is 231 Å². The van der Waals surface area contributed by atoms with Crippen LogP contribution in [0.15, 0.2) is 59.6 Å². The number of aliphatic carboxylic acids is 2. The monoisotopic (exact) mass is 577 g/mol. The fourth-order valence-electron chi connectivity index (χ4n) is 3.15. The van der Waals surface area contributed by atoms with Gasteiger partial charge in [0.1, 0.15) is 0 Å². The van der Waals surface area contributed by atoms with Gasteiger partial charge < -0.3 is 25.2 Å². The average Bonchev–Trinajstić information content (AvgIpc) is 2.91. The molecule has 12 nitrogen and oxygen atoms in total. The van der Waals surface area contributed by atoms with Crippen molar-refractivity contribution in [3.8, 4) is 17.0 Å². The van der Waals surface area contributed by atoms with Crippen LogP contribution in [0.1, 0.15) is 19.3 Å². The number of anilines is 2. The summed E-state index contributed by atoms with van der Waals surface area (Å²) in [5, 5.41) is 18.8. The van der Waals surface area contributed by atoms with E-state index in [9.17, 15) is 22.4 Å². The normalized spacial score (nSPS) is 10.9. The van der Waals surface area contributed by atoms with E-state index in [1.165, 1.54) is 31.4 Å². The number of benzene rings is 2. The fraction of sp³-hybridized carbons (Fsp3) is 0.308. The highest BCUT2D eigenvalue weighted by Crippen LogP contribution is 2.25. The molecule has 3 aromatic rings. The van der Waals surface area contributed by atoms with Crippen LogP contribution in [0, 0.1) is 5.82 Å². The van der Waals surface area contributed by atoms with E-state index in [2.05, 4.69) is 20.0 Å². The van der Waals surface area contributed by atoms with Crippen LogP contribution in [0.25, 0.3) is 11.3 Å². The van der Waals surface area contributed by atoms with Crippen molar-refractivity contribution in [1.29, 1.82) is 0 Å². The SMILES string of the molecule is COc1ccc(-c2ccnc(Nc3ccc(S(=O)(=O)NCCCN(C)C)cc3)n2)cc1F.O=C(O)CCC(=O)O. The predicted molar refractivity (Wildman–Crippen MR) is 147 cm³/mol. The number of aromatic nitrogens is 2. The third-order valence-electron chi connectivity index (χ3n) is 5.15. The zero-order valence-corrected chi connectivity index (χ0v) is 23.1. The quantitative estimate of drug-likeness (QED) is 0.220. The highest BCUT2D eigenvalue weighted by Gasteiger charge is 2.13. The predicted octanol–water partition coefficient (Wildman–Crippen LogP) is 3.20. The van der Waals surface area contributed by atoms with Gasteiger partial charge >= 0.3 is 11.9 Å². The van der Waals surface area contributed by atoms with Gasteiger partial charge in [-0.25, -0.2) is 27.5 Å². The van der Waals surface area contributed by atoms with Crippen molar-refractivity contribution >= 4 is 33.6 Å². The molecule has 0 atom stereocenters. The van der Waals surface area contributed by atoms with Gasteiger partial charge in [0, 0.05) is 24.0 Å². The summed E-state index contributed by atoms with van der Waals surface area (Å²) >= 11 is 0. The van der Waals surface area contributed by atoms with Crippen LogP contribution in [0.5, 0.6) is 5.75 Å². The molecule has 2 aromatic carbocycles. The van der Waals surface area contributed by atoms with E-state index >= 15 is 0 Å². The number of methoxy groups -OCH3 is 1. The Kier molecular flexibility index (Phi) is 12.4. The van der Waals surface area contributed by atoms with Crippen molar-refractivity contribution in [1.82, 2.24) is 19.6 Å². The summed E-state index contributed by atoms with van der Waals surface area (Å²) in [5.41, 5.74) is 1.73. The second-order valence-electron chi connectivity index (χ2n) is 8.61. The zero-order valence-electron chi connectivity index (χ0n) is 22.3. The lowest BCUT2D eigenvalue weighted by molar-refractivity contribution is -0.143. The van der Waals surface area contributed by atoms with Gasteiger partial charge in [-0.05, 0) is 75.6 Å². The first-order valence-corrected chi connectivity index (χ1v) is 13.5. The first kappa shape index (κ1) is 32.1. The van der Waals surface area contributed by atoms with Crippen molar-refractivity contribution in [2.75, 3.05) is 39.6 Å². The molecule has 0 bridgehead atoms. The van der Waals surface area contributed by atoms with Crippen molar-refractivity contribution in [3.63, 3.8) is 0 Å². The molecule has 216 valence electrons. The highest BCUT2D eigenvalue weighted by atomic mass is 32.2. The van der Waals surface area contributed by atoms with Crippen LogP contribution in [0.4, 0.5) is 16.0 Å². The Morgan fingerprint density at radius 2 is 1.68 bits per heavy atom. The molecule has 0 spiro atoms. The Bertz CT molecular complexity index is 1370. The summed E-state index contributed by atoms with van der Waals surface area (Å²) in [6, 6.07) is 12.6. The zero-order chi connectivity index (χ0) is 29.7. The summed E-state index contributed by atoms with van der Waals surface area (Å²) in [7, 11) is 1.71. The molecule has 0 amide bonds. The number of ether oxygens (including phenoxy) is 1. The number of halogens is 1. The van der Waals surface area contributed by atoms with E-state index in [0.29, 0.717) is 29.4 Å². The van der Waals surface area contributed by atoms with E-state index in [0.717, 1.165) is 13.0 Å². The second-order valence-corrected chi connectivity index (χ2v) is 10.4. The molecule has 0 aliphatic carbocycles. The number of carboxylic acid groups (broad SMARTS) is 2. The maximum Gasteiger partial charge on any atom is 0.303 e. The summed E-state index contributed by atoms with van der Waals surface area (Å²) in [5.74, 6) is -2.18. The van der Waals surface area contributed by atoms with Crippen LogP contribution in [0.2, 0.25) is 0 Å². The minimum atomic E-state index is -3.57. The second kappa shape index (κ2) is 15.5. The van der Waals surface area contributed by atoms with Gasteiger partial charge in [-0.2, -0.15) is 0 Å². The molecule has 1 heterocycles. The third kappa shape index (κ3) is 10.9. The lowest BCUT2D eigenvalue weighted by atomic mass is 10.1. The number of nitrogens with zero attached hydrogens (tertiary/aromatic N) is 3. The molecule has 0 aliphatic heterocycles. The number of carboxylic acids is 2. The van der Waals surface area contributed by atoms with Crippen molar-refractivity contribution in [3.05, 3.63) is 60.5 Å². The Morgan fingerprint density at radius 3 is 2.23 bits per heavy atom. The summed E-state index contributed by atoms with van der Waals surface area (Å²) in [4.78, 5) is 30.0. The highest BCUT2D eigenvalue weighted by molar-refractivity contribution is 7.89. The average molecular weight is 578 g/mol. The van der Waals surface area contributed by atoms with Gasteiger partial charge in [-0.1, -0.05) is 0 Å². The molecule has 0 saturated carbocycles. The van der Waals surface area contributed by atoms with E-state index in [4.69, 9.17) is 14.9 Å². The summed E-state index contributed by atoms with van der Waals surface area (Å²) in [6.45, 7) is 1.17. The maximum atomic E-state index is 14.0. The van der Waals surface area contributed by atoms with Crippen molar-refractivity contribution in [2.24, 2.45) is 0 Å². The molecule has 0 fully saturated rings. The first-order chi connectivity index (χ1) is 18.9. The number of hydrogen-bond donors (Lipinski definition) is 4. The molecule has 0 unspecified atom stereocenters. The molecule has 0 radical (unpaired) electrons. The van der Waals surface area contributed by atoms with Gasteiger partial charge in [0.15, 0.2) is 11.6 Å².